The lowest BCUT2D eigenvalue weighted by Gasteiger charge is -2.04. The molecule has 0 amide bonds. The van der Waals surface area contributed by atoms with Crippen molar-refractivity contribution >= 4 is 27.4 Å². The maximum Gasteiger partial charge on any atom is 0.175 e. The number of benzene rings is 1. The number of nitrogens with one attached hydrogen (secondary N) is 1. The highest BCUT2D eigenvalue weighted by molar-refractivity contribution is 7.98. The monoisotopic (exact) mass is 308 g/mol. The predicted octanol–water partition coefficient (Wildman–Crippen LogP) is 2.82. The lowest BCUT2D eigenvalue weighted by molar-refractivity contribution is 0.602. The fourth-order valence-electron chi connectivity index (χ4n) is 1.61. The number of rotatable bonds is 5. The zero-order valence-corrected chi connectivity index (χ0v) is 13.0. The summed E-state index contributed by atoms with van der Waals surface area (Å²) in [5.74, 6) is 1.64. The molecular weight excluding hydrogens is 292 g/mol. The van der Waals surface area contributed by atoms with Gasteiger partial charge in [-0.15, -0.1) is 11.8 Å². The molecule has 0 spiro atoms. The number of nitrogens with zero attached hydrogens (tertiary/aromatic N) is 1. The summed E-state index contributed by atoms with van der Waals surface area (Å²) in [5, 5.41) is 2.97. The highest BCUT2D eigenvalue weighted by Crippen LogP contribution is 2.24. The molecule has 0 saturated heterocycles. The van der Waals surface area contributed by atoms with Crippen molar-refractivity contribution in [1.29, 1.82) is 0 Å². The van der Waals surface area contributed by atoms with E-state index in [9.17, 15) is 8.42 Å². The topological polar surface area (TPSA) is 59.1 Å². The average Bonchev–Trinajstić information content (AvgIpc) is 2.45. The molecule has 6 heteroatoms. The molecule has 0 radical (unpaired) electrons. The zero-order valence-electron chi connectivity index (χ0n) is 11.3. The number of hydrogen-bond acceptors (Lipinski definition) is 5. The first-order chi connectivity index (χ1) is 9.49. The van der Waals surface area contributed by atoms with Crippen LogP contribution in [0, 0.1) is 0 Å². The van der Waals surface area contributed by atoms with E-state index in [0.717, 1.165) is 22.0 Å². The fraction of sp³-hybridized carbons (Fsp3) is 0.214. The quantitative estimate of drug-likeness (QED) is 0.861. The molecule has 1 aromatic carbocycles. The Hall–Kier alpha value is -1.53. The fourth-order valence-corrected chi connectivity index (χ4v) is 3.07. The van der Waals surface area contributed by atoms with Crippen LogP contribution in [0.15, 0.2) is 52.4 Å². The summed E-state index contributed by atoms with van der Waals surface area (Å²) in [4.78, 5) is 5.64. The van der Waals surface area contributed by atoms with Crippen molar-refractivity contribution in [3.05, 3.63) is 48.2 Å². The molecule has 0 saturated carbocycles. The van der Waals surface area contributed by atoms with E-state index in [1.165, 1.54) is 6.26 Å². The Bertz CT molecular complexity index is 665. The molecule has 106 valence electrons. The van der Waals surface area contributed by atoms with Crippen LogP contribution in [0.25, 0.3) is 0 Å². The van der Waals surface area contributed by atoms with Crippen molar-refractivity contribution in [1.82, 2.24) is 4.98 Å². The number of sulfone groups is 1. The zero-order chi connectivity index (χ0) is 14.6. The Kier molecular flexibility index (Phi) is 4.67. The normalized spacial score (nSPS) is 11.3. The van der Waals surface area contributed by atoms with Gasteiger partial charge in [-0.1, -0.05) is 6.07 Å². The van der Waals surface area contributed by atoms with Crippen molar-refractivity contribution in [3.8, 4) is 0 Å². The molecule has 2 rings (SSSR count). The van der Waals surface area contributed by atoms with Crippen LogP contribution in [-0.2, 0) is 15.6 Å². The standard InChI is InChI=1S/C14H16N2O2S2/c1-15-14-8-3-11(9-16-14)10-19-12-4-6-13(7-5-12)20(2,17)18/h3-9H,10H2,1-2H3,(H,15,16). The smallest absolute Gasteiger partial charge is 0.175 e. The second-order valence-corrected chi connectivity index (χ2v) is 7.40. The first-order valence-electron chi connectivity index (χ1n) is 6.04. The second-order valence-electron chi connectivity index (χ2n) is 4.33. The van der Waals surface area contributed by atoms with Gasteiger partial charge in [-0.3, -0.25) is 0 Å². The van der Waals surface area contributed by atoms with Crippen LogP contribution < -0.4 is 5.32 Å². The maximum atomic E-state index is 11.4. The van der Waals surface area contributed by atoms with Crippen molar-refractivity contribution < 1.29 is 8.42 Å². The van der Waals surface area contributed by atoms with Crippen molar-refractivity contribution in [2.75, 3.05) is 18.6 Å². The van der Waals surface area contributed by atoms with Gasteiger partial charge in [0.2, 0.25) is 0 Å². The van der Waals surface area contributed by atoms with Gasteiger partial charge in [0.1, 0.15) is 5.82 Å². The van der Waals surface area contributed by atoms with Crippen LogP contribution in [0.2, 0.25) is 0 Å². The molecule has 0 fully saturated rings. The van der Waals surface area contributed by atoms with E-state index >= 15 is 0 Å². The number of thioether (sulfide) groups is 1. The third kappa shape index (κ3) is 3.98. The minimum absolute atomic E-state index is 0.349. The molecule has 20 heavy (non-hydrogen) atoms. The van der Waals surface area contributed by atoms with E-state index in [0.29, 0.717) is 4.90 Å². The van der Waals surface area contributed by atoms with E-state index in [1.807, 2.05) is 37.5 Å². The molecule has 0 aliphatic carbocycles. The number of aromatic nitrogens is 1. The first-order valence-corrected chi connectivity index (χ1v) is 8.92. The molecule has 1 heterocycles. The number of hydrogen-bond donors (Lipinski definition) is 1. The molecule has 0 aliphatic heterocycles. The summed E-state index contributed by atoms with van der Waals surface area (Å²) in [6.07, 6.45) is 3.05. The second kappa shape index (κ2) is 6.28. The summed E-state index contributed by atoms with van der Waals surface area (Å²) < 4.78 is 22.7. The van der Waals surface area contributed by atoms with E-state index in [2.05, 4.69) is 10.3 Å². The SMILES string of the molecule is CNc1ccc(CSc2ccc(S(C)(=O)=O)cc2)cn1. The van der Waals surface area contributed by atoms with Crippen molar-refractivity contribution in [3.63, 3.8) is 0 Å². The van der Waals surface area contributed by atoms with E-state index in [4.69, 9.17) is 0 Å². The van der Waals surface area contributed by atoms with E-state index in [-0.39, 0.29) is 0 Å². The minimum Gasteiger partial charge on any atom is -0.373 e. The Morgan fingerprint density at radius 2 is 1.85 bits per heavy atom. The molecular formula is C14H16N2O2S2. The molecule has 1 aromatic heterocycles. The van der Waals surface area contributed by atoms with Gasteiger partial charge in [-0.2, -0.15) is 0 Å². The lowest BCUT2D eigenvalue weighted by Crippen LogP contribution is -1.96. The largest absolute Gasteiger partial charge is 0.373 e. The number of pyridine rings is 1. The average molecular weight is 308 g/mol. The summed E-state index contributed by atoms with van der Waals surface area (Å²) in [6.45, 7) is 0. The van der Waals surface area contributed by atoms with Crippen molar-refractivity contribution in [2.24, 2.45) is 0 Å². The van der Waals surface area contributed by atoms with Gasteiger partial charge in [0, 0.05) is 30.1 Å². The predicted molar refractivity (Wildman–Crippen MR) is 82.9 cm³/mol. The maximum absolute atomic E-state index is 11.4. The molecule has 1 N–H and O–H groups in total. The van der Waals surface area contributed by atoms with Gasteiger partial charge in [0.25, 0.3) is 0 Å². The Labute approximate surface area is 123 Å². The molecule has 2 aromatic rings. The Balaban J connectivity index is 2.00. The third-order valence-corrected chi connectivity index (χ3v) is 4.95. The Morgan fingerprint density at radius 3 is 2.35 bits per heavy atom. The molecule has 0 bridgehead atoms. The van der Waals surface area contributed by atoms with Crippen molar-refractivity contribution in [2.45, 2.75) is 15.5 Å². The Morgan fingerprint density at radius 1 is 1.15 bits per heavy atom. The van der Waals surface area contributed by atoms with Gasteiger partial charge >= 0.3 is 0 Å². The summed E-state index contributed by atoms with van der Waals surface area (Å²) in [6, 6.07) is 10.9. The van der Waals surface area contributed by atoms with Crippen LogP contribution >= 0.6 is 11.8 Å². The molecule has 0 atom stereocenters. The van der Waals surface area contributed by atoms with Gasteiger partial charge in [-0.25, -0.2) is 13.4 Å². The molecule has 0 aliphatic rings. The lowest BCUT2D eigenvalue weighted by atomic mass is 10.3. The highest BCUT2D eigenvalue weighted by Gasteiger charge is 2.06. The summed E-state index contributed by atoms with van der Waals surface area (Å²) in [7, 11) is -1.29. The van der Waals surface area contributed by atoms with Crippen LogP contribution in [0.4, 0.5) is 5.82 Å². The van der Waals surface area contributed by atoms with Crippen LogP contribution in [-0.4, -0.2) is 26.7 Å². The van der Waals surface area contributed by atoms with Gasteiger partial charge in [-0.05, 0) is 35.9 Å². The highest BCUT2D eigenvalue weighted by atomic mass is 32.2. The minimum atomic E-state index is -3.12. The van der Waals surface area contributed by atoms with E-state index in [1.54, 1.807) is 23.9 Å². The third-order valence-electron chi connectivity index (χ3n) is 2.74. The number of anilines is 1. The first kappa shape index (κ1) is 14.9. The molecule has 0 unspecified atom stereocenters. The van der Waals surface area contributed by atoms with Gasteiger partial charge in [0.05, 0.1) is 4.90 Å². The van der Waals surface area contributed by atoms with Crippen LogP contribution in [0.5, 0.6) is 0 Å². The van der Waals surface area contributed by atoms with Gasteiger partial charge < -0.3 is 5.32 Å². The molecule has 4 nitrogen and oxygen atoms in total. The van der Waals surface area contributed by atoms with Gasteiger partial charge in [0.15, 0.2) is 9.84 Å². The van der Waals surface area contributed by atoms with Crippen LogP contribution in [0.1, 0.15) is 5.56 Å². The summed E-state index contributed by atoms with van der Waals surface area (Å²) >= 11 is 1.65. The summed E-state index contributed by atoms with van der Waals surface area (Å²) in [5.41, 5.74) is 1.13. The van der Waals surface area contributed by atoms with Crippen LogP contribution in [0.3, 0.4) is 0 Å². The van der Waals surface area contributed by atoms with E-state index < -0.39 is 9.84 Å².